The van der Waals surface area contributed by atoms with Crippen LogP contribution in [0, 0.1) is 6.92 Å². The molecule has 20 heavy (non-hydrogen) atoms. The number of hydrogen-bond acceptors (Lipinski definition) is 6. The molecule has 2 aromatic rings. The number of nitrogens with zero attached hydrogens (tertiary/aromatic N) is 2. The number of anilines is 1. The number of aromatic nitrogens is 2. The summed E-state index contributed by atoms with van der Waals surface area (Å²) in [5.41, 5.74) is 0. The maximum absolute atomic E-state index is 11.6. The molecule has 1 saturated heterocycles. The predicted molar refractivity (Wildman–Crippen MR) is 82.3 cm³/mol. The van der Waals surface area contributed by atoms with E-state index in [1.807, 2.05) is 13.8 Å². The summed E-state index contributed by atoms with van der Waals surface area (Å²) in [5, 5.41) is 4.28. The molecule has 1 fully saturated rings. The fraction of sp³-hybridized carbons (Fsp3) is 0.538. The van der Waals surface area contributed by atoms with E-state index < -0.39 is 9.84 Å². The highest BCUT2D eigenvalue weighted by Crippen LogP contribution is 2.33. The maximum Gasteiger partial charge on any atom is 0.151 e. The molecule has 1 unspecified atom stereocenters. The van der Waals surface area contributed by atoms with Crippen molar-refractivity contribution < 1.29 is 8.42 Å². The third kappa shape index (κ3) is 2.52. The summed E-state index contributed by atoms with van der Waals surface area (Å²) < 4.78 is 23.2. The van der Waals surface area contributed by atoms with Crippen molar-refractivity contribution in [2.45, 2.75) is 26.2 Å². The number of rotatable bonds is 3. The zero-order chi connectivity index (χ0) is 14.3. The largest absolute Gasteiger partial charge is 0.370 e. The summed E-state index contributed by atoms with van der Waals surface area (Å²) in [6, 6.07) is 2.08. The normalized spacial score (nSPS) is 21.4. The van der Waals surface area contributed by atoms with Gasteiger partial charge in [0.15, 0.2) is 9.84 Å². The van der Waals surface area contributed by atoms with Gasteiger partial charge in [0.2, 0.25) is 0 Å². The van der Waals surface area contributed by atoms with Gasteiger partial charge in [0.05, 0.1) is 16.9 Å². The standard InChI is InChI=1S/C13H17N3O2S2/c1-3-14-12-10-6-8(2)19-13(10)16-11(15-12)9-4-5-20(17,18)7-9/h6,9H,3-5,7H2,1-2H3,(H,14,15,16). The number of sulfone groups is 1. The van der Waals surface area contributed by atoms with Gasteiger partial charge < -0.3 is 5.32 Å². The Morgan fingerprint density at radius 1 is 1.45 bits per heavy atom. The van der Waals surface area contributed by atoms with Gasteiger partial charge in [0.1, 0.15) is 16.5 Å². The van der Waals surface area contributed by atoms with Crippen LogP contribution >= 0.6 is 11.3 Å². The lowest BCUT2D eigenvalue weighted by Crippen LogP contribution is -2.09. The summed E-state index contributed by atoms with van der Waals surface area (Å²) in [6.45, 7) is 4.85. The van der Waals surface area contributed by atoms with Crippen molar-refractivity contribution in [2.24, 2.45) is 0 Å². The molecule has 3 heterocycles. The molecule has 0 amide bonds. The van der Waals surface area contributed by atoms with Crippen molar-refractivity contribution in [1.82, 2.24) is 9.97 Å². The van der Waals surface area contributed by atoms with E-state index >= 15 is 0 Å². The van der Waals surface area contributed by atoms with Crippen molar-refractivity contribution in [3.8, 4) is 0 Å². The Hall–Kier alpha value is -1.21. The molecule has 0 aromatic carbocycles. The first-order valence-corrected chi connectivity index (χ1v) is 9.34. The number of nitrogens with one attached hydrogen (secondary N) is 1. The van der Waals surface area contributed by atoms with Crippen molar-refractivity contribution >= 4 is 37.2 Å². The van der Waals surface area contributed by atoms with Crippen LogP contribution in [-0.4, -0.2) is 36.4 Å². The molecular weight excluding hydrogens is 294 g/mol. The molecule has 1 aliphatic rings. The van der Waals surface area contributed by atoms with E-state index in [4.69, 9.17) is 0 Å². The van der Waals surface area contributed by atoms with Gasteiger partial charge in [-0.15, -0.1) is 11.3 Å². The average Bonchev–Trinajstić information content (AvgIpc) is 2.91. The minimum Gasteiger partial charge on any atom is -0.370 e. The van der Waals surface area contributed by atoms with Crippen molar-refractivity contribution in [3.63, 3.8) is 0 Å². The van der Waals surface area contributed by atoms with Crippen LogP contribution in [0.5, 0.6) is 0 Å². The first kappa shape index (κ1) is 13.8. The fourth-order valence-corrected chi connectivity index (χ4v) is 5.17. The topological polar surface area (TPSA) is 72.0 Å². The Balaban J connectivity index is 2.07. The van der Waals surface area contributed by atoms with Crippen LogP contribution in [0.1, 0.15) is 30.0 Å². The van der Waals surface area contributed by atoms with E-state index in [9.17, 15) is 8.42 Å². The zero-order valence-corrected chi connectivity index (χ0v) is 13.1. The van der Waals surface area contributed by atoms with Gasteiger partial charge in [-0.1, -0.05) is 0 Å². The Morgan fingerprint density at radius 2 is 2.25 bits per heavy atom. The monoisotopic (exact) mass is 311 g/mol. The van der Waals surface area contributed by atoms with Crippen LogP contribution < -0.4 is 5.32 Å². The summed E-state index contributed by atoms with van der Waals surface area (Å²) in [7, 11) is -2.91. The van der Waals surface area contributed by atoms with E-state index in [1.54, 1.807) is 11.3 Å². The molecule has 2 aromatic heterocycles. The Labute approximate surface area is 122 Å². The maximum atomic E-state index is 11.6. The van der Waals surface area contributed by atoms with E-state index in [0.29, 0.717) is 12.2 Å². The van der Waals surface area contributed by atoms with E-state index in [2.05, 4.69) is 21.4 Å². The molecule has 1 aliphatic heterocycles. The second kappa shape index (κ2) is 4.96. The van der Waals surface area contributed by atoms with Crippen LogP contribution in [0.2, 0.25) is 0 Å². The lowest BCUT2D eigenvalue weighted by Gasteiger charge is -2.10. The molecule has 1 atom stereocenters. The first-order chi connectivity index (χ1) is 9.48. The third-order valence-corrected chi connectivity index (χ3v) is 6.19. The molecule has 0 saturated carbocycles. The highest BCUT2D eigenvalue weighted by atomic mass is 32.2. The molecule has 0 bridgehead atoms. The summed E-state index contributed by atoms with van der Waals surface area (Å²) in [4.78, 5) is 11.3. The molecule has 0 aliphatic carbocycles. The molecule has 3 rings (SSSR count). The van der Waals surface area contributed by atoms with Crippen LogP contribution in [0.4, 0.5) is 5.82 Å². The number of aryl methyl sites for hydroxylation is 1. The van der Waals surface area contributed by atoms with Gasteiger partial charge in [-0.2, -0.15) is 0 Å². The van der Waals surface area contributed by atoms with Crippen molar-refractivity contribution in [1.29, 1.82) is 0 Å². The predicted octanol–water partition coefficient (Wildman–Crippen LogP) is 2.33. The fourth-order valence-electron chi connectivity index (χ4n) is 2.54. The van der Waals surface area contributed by atoms with Crippen LogP contribution in [0.3, 0.4) is 0 Å². The van der Waals surface area contributed by atoms with Gasteiger partial charge in [-0.05, 0) is 26.3 Å². The van der Waals surface area contributed by atoms with Crippen molar-refractivity contribution in [2.75, 3.05) is 23.4 Å². The number of thiophene rings is 1. The van der Waals surface area contributed by atoms with Crippen LogP contribution in [0.25, 0.3) is 10.2 Å². The SMILES string of the molecule is CCNc1nc(C2CCS(=O)(=O)C2)nc2sc(C)cc12. The van der Waals surface area contributed by atoms with Gasteiger partial charge in [-0.25, -0.2) is 18.4 Å². The number of fused-ring (bicyclic) bond motifs is 1. The average molecular weight is 311 g/mol. The van der Waals surface area contributed by atoms with Crippen LogP contribution in [0.15, 0.2) is 6.07 Å². The quantitative estimate of drug-likeness (QED) is 0.942. The Bertz CT molecular complexity index is 752. The second-order valence-electron chi connectivity index (χ2n) is 5.14. The summed E-state index contributed by atoms with van der Waals surface area (Å²) >= 11 is 1.62. The molecule has 0 radical (unpaired) electrons. The van der Waals surface area contributed by atoms with Crippen LogP contribution in [-0.2, 0) is 9.84 Å². The first-order valence-electron chi connectivity index (χ1n) is 6.71. The Morgan fingerprint density at radius 3 is 2.90 bits per heavy atom. The molecule has 108 valence electrons. The summed E-state index contributed by atoms with van der Waals surface area (Å²) in [5.74, 6) is 1.84. The molecule has 5 nitrogen and oxygen atoms in total. The molecule has 0 spiro atoms. The smallest absolute Gasteiger partial charge is 0.151 e. The second-order valence-corrected chi connectivity index (χ2v) is 8.60. The molecular formula is C13H17N3O2S2. The zero-order valence-electron chi connectivity index (χ0n) is 11.5. The minimum absolute atomic E-state index is 0.0655. The van der Waals surface area contributed by atoms with Gasteiger partial charge in [0.25, 0.3) is 0 Å². The van der Waals surface area contributed by atoms with E-state index in [1.165, 1.54) is 4.88 Å². The van der Waals surface area contributed by atoms with E-state index in [0.717, 1.165) is 22.6 Å². The lowest BCUT2D eigenvalue weighted by molar-refractivity contribution is 0.601. The third-order valence-electron chi connectivity index (χ3n) is 3.48. The minimum atomic E-state index is -2.91. The highest BCUT2D eigenvalue weighted by Gasteiger charge is 2.31. The van der Waals surface area contributed by atoms with E-state index in [-0.39, 0.29) is 17.4 Å². The van der Waals surface area contributed by atoms with Gasteiger partial charge in [-0.3, -0.25) is 0 Å². The summed E-state index contributed by atoms with van der Waals surface area (Å²) in [6.07, 6.45) is 0.629. The molecule has 7 heteroatoms. The van der Waals surface area contributed by atoms with Gasteiger partial charge >= 0.3 is 0 Å². The molecule has 1 N–H and O–H groups in total. The number of hydrogen-bond donors (Lipinski definition) is 1. The lowest BCUT2D eigenvalue weighted by atomic mass is 10.1. The Kier molecular flexibility index (Phi) is 3.41. The van der Waals surface area contributed by atoms with Gasteiger partial charge in [0, 0.05) is 17.3 Å². The highest BCUT2D eigenvalue weighted by molar-refractivity contribution is 7.91. The van der Waals surface area contributed by atoms with Crippen molar-refractivity contribution in [3.05, 3.63) is 16.8 Å².